The van der Waals surface area contributed by atoms with E-state index in [9.17, 15) is 0 Å². The lowest BCUT2D eigenvalue weighted by molar-refractivity contribution is 1.62. The summed E-state index contributed by atoms with van der Waals surface area (Å²) in [6, 6.07) is 39.6. The fourth-order valence-corrected chi connectivity index (χ4v) is 5.04. The lowest BCUT2D eigenvalue weighted by Gasteiger charge is -2.20. The lowest BCUT2D eigenvalue weighted by Crippen LogP contribution is -1.94. The molecule has 0 unspecified atom stereocenters. The van der Waals surface area contributed by atoms with Gasteiger partial charge in [-0.25, -0.2) is 0 Å². The summed E-state index contributed by atoms with van der Waals surface area (Å²) in [5.41, 5.74) is 27.3. The van der Waals surface area contributed by atoms with Crippen LogP contribution in [0.5, 0.6) is 0 Å². The minimum atomic E-state index is 0.750. The number of nitrogen functional groups attached to an aromatic ring is 3. The second kappa shape index (κ2) is 8.23. The smallest absolute Gasteiger partial charge is 0.0314 e. The lowest BCUT2D eigenvalue weighted by atomic mass is 9.83. The first-order chi connectivity index (χ1) is 17.1. The molecule has 0 spiro atoms. The van der Waals surface area contributed by atoms with Gasteiger partial charge in [0.2, 0.25) is 0 Å². The molecule has 0 aliphatic rings. The summed E-state index contributed by atoms with van der Waals surface area (Å²) in [6.45, 7) is 0. The van der Waals surface area contributed by atoms with E-state index in [0.29, 0.717) is 0 Å². The zero-order valence-electron chi connectivity index (χ0n) is 19.2. The Bertz CT molecular complexity index is 1680. The average molecular weight is 452 g/mol. The standard InChI is InChI=1S/C32H25N3/c33-23-14-8-20(9-15-23)26-6-3-7-29-30(21-10-16-24(34)17-11-21)27-4-1-2-5-28(27)31(32(26)29)22-12-18-25(35)19-13-22/h1-19H,33-35H2. The first-order valence-corrected chi connectivity index (χ1v) is 11.7. The largest absolute Gasteiger partial charge is 0.399 e. The predicted molar refractivity (Wildman–Crippen MR) is 151 cm³/mol. The van der Waals surface area contributed by atoms with Crippen molar-refractivity contribution in [2.75, 3.05) is 17.2 Å². The summed E-state index contributed by atoms with van der Waals surface area (Å²) in [4.78, 5) is 0. The fourth-order valence-electron chi connectivity index (χ4n) is 5.04. The molecule has 6 rings (SSSR count). The van der Waals surface area contributed by atoms with Gasteiger partial charge in [0.1, 0.15) is 0 Å². The van der Waals surface area contributed by atoms with Crippen molar-refractivity contribution in [3.63, 3.8) is 0 Å². The molecular formula is C32H25N3. The Kier molecular flexibility index (Phi) is 4.89. The maximum absolute atomic E-state index is 6.06. The number of hydrogen-bond acceptors (Lipinski definition) is 3. The van der Waals surface area contributed by atoms with Crippen LogP contribution < -0.4 is 17.2 Å². The van der Waals surface area contributed by atoms with Crippen LogP contribution in [0, 0.1) is 0 Å². The molecule has 0 aliphatic heterocycles. The molecule has 0 radical (unpaired) electrons. The number of fused-ring (bicyclic) bond motifs is 2. The molecule has 6 N–H and O–H groups in total. The normalized spacial score (nSPS) is 11.2. The van der Waals surface area contributed by atoms with Crippen molar-refractivity contribution in [2.24, 2.45) is 0 Å². The Morgan fingerprint density at radius 3 is 1.31 bits per heavy atom. The van der Waals surface area contributed by atoms with Gasteiger partial charge in [-0.3, -0.25) is 0 Å². The molecule has 3 heteroatoms. The molecular weight excluding hydrogens is 426 g/mol. The van der Waals surface area contributed by atoms with E-state index < -0.39 is 0 Å². The van der Waals surface area contributed by atoms with Gasteiger partial charge in [-0.2, -0.15) is 0 Å². The Labute approximate surface area is 204 Å². The van der Waals surface area contributed by atoms with E-state index in [2.05, 4.69) is 78.9 Å². The average Bonchev–Trinajstić information content (AvgIpc) is 2.89. The molecule has 6 aromatic rings. The van der Waals surface area contributed by atoms with E-state index in [1.165, 1.54) is 32.7 Å². The zero-order chi connectivity index (χ0) is 23.9. The Hall–Kier alpha value is -4.76. The monoisotopic (exact) mass is 451 g/mol. The van der Waals surface area contributed by atoms with Gasteiger partial charge < -0.3 is 17.2 Å². The van der Waals surface area contributed by atoms with Gasteiger partial charge in [0.05, 0.1) is 0 Å². The van der Waals surface area contributed by atoms with Crippen LogP contribution >= 0.6 is 0 Å². The molecule has 0 amide bonds. The maximum Gasteiger partial charge on any atom is 0.0314 e. The SMILES string of the molecule is Nc1ccc(-c2c3ccccc3c(-c3ccc(N)cc3)c3c(-c4ccc(N)cc4)cccc23)cc1. The van der Waals surface area contributed by atoms with Crippen LogP contribution in [0.2, 0.25) is 0 Å². The molecule has 0 fully saturated rings. The quantitative estimate of drug-likeness (QED) is 0.190. The van der Waals surface area contributed by atoms with Gasteiger partial charge in [0.15, 0.2) is 0 Å². The van der Waals surface area contributed by atoms with Crippen LogP contribution in [0.1, 0.15) is 0 Å². The van der Waals surface area contributed by atoms with Crippen LogP contribution in [0.15, 0.2) is 115 Å². The topological polar surface area (TPSA) is 78.1 Å². The van der Waals surface area contributed by atoms with Crippen molar-refractivity contribution in [2.45, 2.75) is 0 Å². The van der Waals surface area contributed by atoms with Gasteiger partial charge in [-0.05, 0) is 91.3 Å². The second-order valence-corrected chi connectivity index (χ2v) is 8.89. The van der Waals surface area contributed by atoms with Gasteiger partial charge in [0, 0.05) is 17.1 Å². The van der Waals surface area contributed by atoms with Crippen molar-refractivity contribution in [3.05, 3.63) is 115 Å². The minimum absolute atomic E-state index is 0.750. The zero-order valence-corrected chi connectivity index (χ0v) is 19.2. The molecule has 0 saturated carbocycles. The first-order valence-electron chi connectivity index (χ1n) is 11.7. The molecule has 168 valence electrons. The Morgan fingerprint density at radius 1 is 0.343 bits per heavy atom. The molecule has 0 aromatic heterocycles. The number of anilines is 3. The minimum Gasteiger partial charge on any atom is -0.399 e. The van der Waals surface area contributed by atoms with E-state index in [0.717, 1.165) is 39.3 Å². The van der Waals surface area contributed by atoms with Crippen LogP contribution in [-0.2, 0) is 0 Å². The number of nitrogens with two attached hydrogens (primary N) is 3. The highest BCUT2D eigenvalue weighted by Crippen LogP contribution is 2.47. The highest BCUT2D eigenvalue weighted by molar-refractivity contribution is 6.24. The van der Waals surface area contributed by atoms with Crippen molar-refractivity contribution < 1.29 is 0 Å². The molecule has 35 heavy (non-hydrogen) atoms. The third kappa shape index (κ3) is 3.54. The maximum atomic E-state index is 6.06. The molecule has 0 saturated heterocycles. The number of hydrogen-bond donors (Lipinski definition) is 3. The van der Waals surface area contributed by atoms with E-state index in [1.54, 1.807) is 0 Å². The fraction of sp³-hybridized carbons (Fsp3) is 0. The van der Waals surface area contributed by atoms with E-state index in [1.807, 2.05) is 36.4 Å². The highest BCUT2D eigenvalue weighted by atomic mass is 14.5. The molecule has 6 aromatic carbocycles. The summed E-state index contributed by atoms with van der Waals surface area (Å²) < 4.78 is 0. The molecule has 0 atom stereocenters. The third-order valence-corrected chi connectivity index (χ3v) is 6.67. The van der Waals surface area contributed by atoms with Gasteiger partial charge in [0.25, 0.3) is 0 Å². The van der Waals surface area contributed by atoms with Crippen molar-refractivity contribution in [1.29, 1.82) is 0 Å². The summed E-state index contributed by atoms with van der Waals surface area (Å²) in [5.74, 6) is 0. The van der Waals surface area contributed by atoms with Crippen molar-refractivity contribution in [1.82, 2.24) is 0 Å². The van der Waals surface area contributed by atoms with Crippen LogP contribution in [0.4, 0.5) is 17.1 Å². The summed E-state index contributed by atoms with van der Waals surface area (Å²) in [5, 5.41) is 4.78. The number of benzene rings is 6. The van der Waals surface area contributed by atoms with Crippen molar-refractivity contribution in [3.8, 4) is 33.4 Å². The van der Waals surface area contributed by atoms with Crippen LogP contribution in [0.3, 0.4) is 0 Å². The van der Waals surface area contributed by atoms with E-state index in [4.69, 9.17) is 17.2 Å². The summed E-state index contributed by atoms with van der Waals surface area (Å²) >= 11 is 0. The third-order valence-electron chi connectivity index (χ3n) is 6.67. The van der Waals surface area contributed by atoms with Gasteiger partial charge >= 0.3 is 0 Å². The van der Waals surface area contributed by atoms with Crippen LogP contribution in [0.25, 0.3) is 54.9 Å². The molecule has 0 aliphatic carbocycles. The van der Waals surface area contributed by atoms with E-state index in [-0.39, 0.29) is 0 Å². The first kappa shape index (κ1) is 20.8. The Balaban J connectivity index is 1.83. The van der Waals surface area contributed by atoms with Crippen LogP contribution in [-0.4, -0.2) is 0 Å². The summed E-state index contributed by atoms with van der Waals surface area (Å²) in [7, 11) is 0. The molecule has 3 nitrogen and oxygen atoms in total. The highest BCUT2D eigenvalue weighted by Gasteiger charge is 2.19. The molecule has 0 heterocycles. The predicted octanol–water partition coefficient (Wildman–Crippen LogP) is 7.74. The number of rotatable bonds is 3. The summed E-state index contributed by atoms with van der Waals surface area (Å²) in [6.07, 6.45) is 0. The van der Waals surface area contributed by atoms with Gasteiger partial charge in [-0.1, -0.05) is 78.9 Å². The van der Waals surface area contributed by atoms with Gasteiger partial charge in [-0.15, -0.1) is 0 Å². The molecule has 0 bridgehead atoms. The Morgan fingerprint density at radius 2 is 0.771 bits per heavy atom. The van der Waals surface area contributed by atoms with Crippen molar-refractivity contribution >= 4 is 38.6 Å². The van der Waals surface area contributed by atoms with E-state index >= 15 is 0 Å². The second-order valence-electron chi connectivity index (χ2n) is 8.89.